The molecule has 2 fully saturated rings. The van der Waals surface area contributed by atoms with Crippen LogP contribution in [-0.4, -0.2) is 68.2 Å². The first-order chi connectivity index (χ1) is 17.2. The van der Waals surface area contributed by atoms with E-state index in [1.54, 1.807) is 53.4 Å². The van der Waals surface area contributed by atoms with Crippen LogP contribution in [0.15, 0.2) is 53.4 Å². The number of nitrogens with one attached hydrogen (secondary N) is 1. The van der Waals surface area contributed by atoms with Crippen LogP contribution in [0, 0.1) is 12.8 Å². The molecule has 2 aliphatic heterocycles. The topological polar surface area (TPSA) is 113 Å². The number of amides is 2. The summed E-state index contributed by atoms with van der Waals surface area (Å²) in [5.41, 5.74) is 1.56. The maximum Gasteiger partial charge on any atom is 0.339 e. The van der Waals surface area contributed by atoms with Crippen molar-refractivity contribution in [1.29, 1.82) is 0 Å². The summed E-state index contributed by atoms with van der Waals surface area (Å²) in [6.45, 7) is 2.88. The second-order valence-electron chi connectivity index (χ2n) is 9.21. The fourth-order valence-electron chi connectivity index (χ4n) is 4.84. The summed E-state index contributed by atoms with van der Waals surface area (Å²) in [5, 5.41) is 2.78. The van der Waals surface area contributed by atoms with Crippen molar-refractivity contribution in [3.63, 3.8) is 0 Å². The molecule has 1 atom stereocenters. The van der Waals surface area contributed by atoms with Gasteiger partial charge in [0.25, 0.3) is 0 Å². The van der Waals surface area contributed by atoms with Gasteiger partial charge in [0, 0.05) is 25.6 Å². The molecule has 2 saturated heterocycles. The zero-order valence-corrected chi connectivity index (χ0v) is 21.3. The minimum Gasteiger partial charge on any atom is -0.465 e. The van der Waals surface area contributed by atoms with Crippen molar-refractivity contribution in [3.8, 4) is 0 Å². The first-order valence-corrected chi connectivity index (χ1v) is 13.5. The summed E-state index contributed by atoms with van der Waals surface area (Å²) >= 11 is 0. The number of anilines is 1. The van der Waals surface area contributed by atoms with Gasteiger partial charge >= 0.3 is 5.97 Å². The molecule has 2 aromatic carbocycles. The monoisotopic (exact) mass is 513 g/mol. The quantitative estimate of drug-likeness (QED) is 0.595. The van der Waals surface area contributed by atoms with Crippen molar-refractivity contribution in [2.24, 2.45) is 5.92 Å². The van der Waals surface area contributed by atoms with Gasteiger partial charge in [0.15, 0.2) is 0 Å². The second kappa shape index (κ2) is 10.8. The van der Waals surface area contributed by atoms with Crippen LogP contribution in [0.2, 0.25) is 0 Å². The van der Waals surface area contributed by atoms with E-state index in [9.17, 15) is 22.8 Å². The summed E-state index contributed by atoms with van der Waals surface area (Å²) in [6, 6.07) is 12.7. The lowest BCUT2D eigenvalue weighted by molar-refractivity contribution is -0.141. The molecule has 36 heavy (non-hydrogen) atoms. The fraction of sp³-hybridized carbons (Fsp3) is 0.423. The third-order valence-corrected chi connectivity index (χ3v) is 8.80. The highest BCUT2D eigenvalue weighted by Gasteiger charge is 2.39. The SMILES string of the molecule is COC(=O)c1ccccc1NC(=O)C1CCCN1C(=O)C1CCN(S(=O)(=O)c2ccc(C)cc2)CC1. The molecule has 0 saturated carbocycles. The molecule has 2 heterocycles. The molecule has 2 aliphatic rings. The number of rotatable bonds is 6. The van der Waals surface area contributed by atoms with Gasteiger partial charge in [0.1, 0.15) is 6.04 Å². The number of methoxy groups -OCH3 is 1. The average Bonchev–Trinajstić information content (AvgIpc) is 3.39. The van der Waals surface area contributed by atoms with Crippen molar-refractivity contribution in [1.82, 2.24) is 9.21 Å². The van der Waals surface area contributed by atoms with Gasteiger partial charge in [-0.2, -0.15) is 4.31 Å². The highest BCUT2D eigenvalue weighted by molar-refractivity contribution is 7.89. The molecular weight excluding hydrogens is 482 g/mol. The fourth-order valence-corrected chi connectivity index (χ4v) is 6.31. The Morgan fingerprint density at radius 3 is 2.28 bits per heavy atom. The summed E-state index contributed by atoms with van der Waals surface area (Å²) < 4.78 is 32.2. The molecule has 0 aromatic heterocycles. The van der Waals surface area contributed by atoms with Gasteiger partial charge in [-0.25, -0.2) is 13.2 Å². The minimum absolute atomic E-state index is 0.124. The number of likely N-dealkylation sites (tertiary alicyclic amines) is 1. The van der Waals surface area contributed by atoms with Crippen LogP contribution >= 0.6 is 0 Å². The number of carbonyl (C=O) groups excluding carboxylic acids is 3. The minimum atomic E-state index is -3.61. The van der Waals surface area contributed by atoms with Gasteiger partial charge in [-0.3, -0.25) is 9.59 Å². The smallest absolute Gasteiger partial charge is 0.339 e. The Balaban J connectivity index is 1.39. The lowest BCUT2D eigenvalue weighted by Crippen LogP contribution is -2.48. The molecule has 0 spiro atoms. The summed E-state index contributed by atoms with van der Waals surface area (Å²) in [7, 11) is -2.34. The van der Waals surface area contributed by atoms with E-state index in [1.807, 2.05) is 6.92 Å². The molecule has 0 radical (unpaired) electrons. The summed E-state index contributed by atoms with van der Waals surface area (Å²) in [4.78, 5) is 40.3. The van der Waals surface area contributed by atoms with Gasteiger partial charge in [-0.1, -0.05) is 29.8 Å². The highest BCUT2D eigenvalue weighted by Crippen LogP contribution is 2.29. The molecule has 0 aliphatic carbocycles. The van der Waals surface area contributed by atoms with Crippen molar-refractivity contribution in [2.75, 3.05) is 32.1 Å². The van der Waals surface area contributed by atoms with E-state index in [2.05, 4.69) is 5.32 Å². The number of piperidine rings is 1. The number of sulfonamides is 1. The number of esters is 1. The van der Waals surface area contributed by atoms with Crippen LogP contribution < -0.4 is 5.32 Å². The lowest BCUT2D eigenvalue weighted by atomic mass is 9.96. The van der Waals surface area contributed by atoms with Crippen molar-refractivity contribution >= 4 is 33.5 Å². The number of para-hydroxylation sites is 1. The molecule has 1 N–H and O–H groups in total. The highest BCUT2D eigenvalue weighted by atomic mass is 32.2. The van der Waals surface area contributed by atoms with Crippen LogP contribution in [0.3, 0.4) is 0 Å². The number of benzene rings is 2. The van der Waals surface area contributed by atoms with Gasteiger partial charge in [-0.05, 0) is 56.9 Å². The molecule has 4 rings (SSSR count). The number of ether oxygens (including phenoxy) is 1. The Labute approximate surface area is 211 Å². The predicted molar refractivity (Wildman–Crippen MR) is 134 cm³/mol. The number of nitrogens with zero attached hydrogens (tertiary/aromatic N) is 2. The van der Waals surface area contributed by atoms with Crippen LogP contribution in [0.4, 0.5) is 5.69 Å². The lowest BCUT2D eigenvalue weighted by Gasteiger charge is -2.34. The van der Waals surface area contributed by atoms with E-state index in [0.717, 1.165) is 5.56 Å². The summed E-state index contributed by atoms with van der Waals surface area (Å²) in [6.07, 6.45) is 2.03. The van der Waals surface area contributed by atoms with Crippen LogP contribution in [0.5, 0.6) is 0 Å². The number of aryl methyl sites for hydroxylation is 1. The predicted octanol–water partition coefficient (Wildman–Crippen LogP) is 2.81. The zero-order valence-electron chi connectivity index (χ0n) is 20.5. The van der Waals surface area contributed by atoms with E-state index in [4.69, 9.17) is 4.74 Å². The van der Waals surface area contributed by atoms with E-state index in [-0.39, 0.29) is 41.3 Å². The van der Waals surface area contributed by atoms with Gasteiger partial charge in [0.2, 0.25) is 21.8 Å². The van der Waals surface area contributed by atoms with E-state index in [1.165, 1.54) is 11.4 Å². The van der Waals surface area contributed by atoms with E-state index < -0.39 is 22.0 Å². The normalized spacial score (nSPS) is 19.2. The molecule has 1 unspecified atom stereocenters. The standard InChI is InChI=1S/C26H31N3O6S/c1-18-9-11-20(12-10-18)36(33,34)28-16-13-19(14-17-28)25(31)29-15-5-8-23(29)24(30)27-22-7-4-3-6-21(22)26(32)35-2/h3-4,6-7,9-12,19,23H,5,8,13-17H2,1-2H3,(H,27,30). The van der Waals surface area contributed by atoms with Crippen molar-refractivity contribution in [2.45, 2.75) is 43.5 Å². The Morgan fingerprint density at radius 1 is 0.944 bits per heavy atom. The molecule has 10 heteroatoms. The van der Waals surface area contributed by atoms with Gasteiger partial charge in [0.05, 0.1) is 23.3 Å². The first-order valence-electron chi connectivity index (χ1n) is 12.1. The molecular formula is C26H31N3O6S. The van der Waals surface area contributed by atoms with Crippen molar-refractivity contribution in [3.05, 3.63) is 59.7 Å². The summed E-state index contributed by atoms with van der Waals surface area (Å²) in [5.74, 6) is -1.37. The molecule has 2 amide bonds. The van der Waals surface area contributed by atoms with Crippen LogP contribution in [-0.2, 0) is 24.3 Å². The second-order valence-corrected chi connectivity index (χ2v) is 11.1. The van der Waals surface area contributed by atoms with Crippen LogP contribution in [0.1, 0.15) is 41.6 Å². The third-order valence-electron chi connectivity index (χ3n) is 6.89. The maximum absolute atomic E-state index is 13.4. The molecule has 0 bridgehead atoms. The zero-order chi connectivity index (χ0) is 25.9. The van der Waals surface area contributed by atoms with E-state index >= 15 is 0 Å². The first kappa shape index (κ1) is 25.8. The Bertz CT molecular complexity index is 1240. The average molecular weight is 514 g/mol. The van der Waals surface area contributed by atoms with Crippen LogP contribution in [0.25, 0.3) is 0 Å². The van der Waals surface area contributed by atoms with Crippen molar-refractivity contribution < 1.29 is 27.5 Å². The largest absolute Gasteiger partial charge is 0.465 e. The van der Waals surface area contributed by atoms with Gasteiger partial charge < -0.3 is 15.0 Å². The Hall–Kier alpha value is -3.24. The van der Waals surface area contributed by atoms with E-state index in [0.29, 0.717) is 37.9 Å². The third kappa shape index (κ3) is 5.29. The number of hydrogen-bond donors (Lipinski definition) is 1. The number of hydrogen-bond acceptors (Lipinski definition) is 6. The Kier molecular flexibility index (Phi) is 7.75. The molecule has 2 aromatic rings. The molecule has 192 valence electrons. The number of carbonyl (C=O) groups is 3. The maximum atomic E-state index is 13.4. The van der Waals surface area contributed by atoms with Gasteiger partial charge in [-0.15, -0.1) is 0 Å². The Morgan fingerprint density at radius 2 is 1.61 bits per heavy atom. The molecule has 9 nitrogen and oxygen atoms in total.